The van der Waals surface area contributed by atoms with E-state index in [9.17, 15) is 8.42 Å². The lowest BCUT2D eigenvalue weighted by Crippen LogP contribution is -2.28. The molecule has 0 unspecified atom stereocenters. The SMILES string of the molecule is C[C@@H](CC1CCCCCC1)NCc1ccccc1-c1c(F)cccc1NS(=O)(=O)c1cccs1. The molecule has 0 radical (unpaired) electrons. The highest BCUT2D eigenvalue weighted by Crippen LogP contribution is 2.35. The monoisotopic (exact) mass is 500 g/mol. The van der Waals surface area contributed by atoms with Crippen molar-refractivity contribution in [1.29, 1.82) is 0 Å². The van der Waals surface area contributed by atoms with Crippen molar-refractivity contribution in [2.45, 2.75) is 68.7 Å². The number of halogens is 1. The second kappa shape index (κ2) is 11.5. The van der Waals surface area contributed by atoms with Crippen molar-refractivity contribution in [1.82, 2.24) is 5.32 Å². The van der Waals surface area contributed by atoms with Crippen LogP contribution in [0.3, 0.4) is 0 Å². The quantitative estimate of drug-likeness (QED) is 0.306. The largest absolute Gasteiger partial charge is 0.310 e. The van der Waals surface area contributed by atoms with Gasteiger partial charge in [0.05, 0.1) is 5.69 Å². The minimum atomic E-state index is -3.79. The molecule has 7 heteroatoms. The Bertz CT molecular complexity index is 1170. The van der Waals surface area contributed by atoms with E-state index in [1.165, 1.54) is 50.7 Å². The molecule has 1 fully saturated rings. The molecular formula is C27H33FN2O2S2. The van der Waals surface area contributed by atoms with Gasteiger partial charge >= 0.3 is 0 Å². The van der Waals surface area contributed by atoms with Crippen molar-refractivity contribution in [2.75, 3.05) is 4.72 Å². The fraction of sp³-hybridized carbons (Fsp3) is 0.407. The Morgan fingerprint density at radius 2 is 1.76 bits per heavy atom. The third-order valence-electron chi connectivity index (χ3n) is 6.61. The summed E-state index contributed by atoms with van der Waals surface area (Å²) in [6.07, 6.45) is 9.14. The second-order valence-electron chi connectivity index (χ2n) is 9.23. The second-order valence-corrected chi connectivity index (χ2v) is 12.1. The molecule has 1 aliphatic carbocycles. The van der Waals surface area contributed by atoms with Crippen LogP contribution in [0.2, 0.25) is 0 Å². The Morgan fingerprint density at radius 3 is 2.50 bits per heavy atom. The number of sulfonamides is 1. The lowest BCUT2D eigenvalue weighted by molar-refractivity contribution is 0.363. The van der Waals surface area contributed by atoms with Gasteiger partial charge in [-0.1, -0.05) is 74.9 Å². The smallest absolute Gasteiger partial charge is 0.271 e. The van der Waals surface area contributed by atoms with Crippen LogP contribution >= 0.6 is 11.3 Å². The first-order chi connectivity index (χ1) is 16.4. The third-order valence-corrected chi connectivity index (χ3v) is 9.37. The average Bonchev–Trinajstić information content (AvgIpc) is 3.25. The van der Waals surface area contributed by atoms with Gasteiger partial charge in [-0.15, -0.1) is 11.3 Å². The maximum Gasteiger partial charge on any atom is 0.271 e. The van der Waals surface area contributed by atoms with Crippen molar-refractivity contribution >= 4 is 27.0 Å². The number of thiophene rings is 1. The van der Waals surface area contributed by atoms with E-state index in [0.717, 1.165) is 29.2 Å². The van der Waals surface area contributed by atoms with Crippen LogP contribution in [0.4, 0.5) is 10.1 Å². The summed E-state index contributed by atoms with van der Waals surface area (Å²) < 4.78 is 43.6. The molecule has 182 valence electrons. The molecule has 3 aromatic rings. The average molecular weight is 501 g/mol. The topological polar surface area (TPSA) is 58.2 Å². The van der Waals surface area contributed by atoms with Crippen LogP contribution < -0.4 is 10.0 Å². The summed E-state index contributed by atoms with van der Waals surface area (Å²) in [6.45, 7) is 2.81. The van der Waals surface area contributed by atoms with E-state index >= 15 is 4.39 Å². The van der Waals surface area contributed by atoms with Gasteiger partial charge in [-0.3, -0.25) is 4.72 Å². The molecule has 1 saturated carbocycles. The molecule has 0 spiro atoms. The van der Waals surface area contributed by atoms with Crippen LogP contribution in [0.1, 0.15) is 57.4 Å². The first-order valence-electron chi connectivity index (χ1n) is 12.1. The van der Waals surface area contributed by atoms with Gasteiger partial charge in [0.2, 0.25) is 0 Å². The van der Waals surface area contributed by atoms with Gasteiger partial charge in [-0.25, -0.2) is 12.8 Å². The van der Waals surface area contributed by atoms with Crippen molar-refractivity contribution in [3.63, 3.8) is 0 Å². The maximum atomic E-state index is 15.1. The molecule has 2 N–H and O–H groups in total. The molecule has 1 atom stereocenters. The minimum Gasteiger partial charge on any atom is -0.310 e. The van der Waals surface area contributed by atoms with Gasteiger partial charge in [0, 0.05) is 18.2 Å². The van der Waals surface area contributed by atoms with Gasteiger partial charge in [0.25, 0.3) is 10.0 Å². The predicted octanol–water partition coefficient (Wildman–Crippen LogP) is 7.19. The fourth-order valence-corrected chi connectivity index (χ4v) is 6.94. The van der Waals surface area contributed by atoms with Gasteiger partial charge in [0.15, 0.2) is 0 Å². The Kier molecular flexibility index (Phi) is 8.40. The molecule has 0 saturated heterocycles. The number of hydrogen-bond acceptors (Lipinski definition) is 4. The molecule has 4 rings (SSSR count). The molecule has 1 heterocycles. The van der Waals surface area contributed by atoms with E-state index in [-0.39, 0.29) is 15.5 Å². The van der Waals surface area contributed by atoms with E-state index in [0.29, 0.717) is 18.2 Å². The molecule has 0 amide bonds. The first-order valence-corrected chi connectivity index (χ1v) is 14.5. The normalized spacial score (nSPS) is 16.2. The summed E-state index contributed by atoms with van der Waals surface area (Å²) in [5.74, 6) is 0.315. The fourth-order valence-electron chi connectivity index (χ4n) is 4.88. The maximum absolute atomic E-state index is 15.1. The highest BCUT2D eigenvalue weighted by molar-refractivity contribution is 7.94. The third kappa shape index (κ3) is 6.26. The van der Waals surface area contributed by atoms with Crippen molar-refractivity contribution < 1.29 is 12.8 Å². The molecule has 0 bridgehead atoms. The molecule has 0 aliphatic heterocycles. The van der Waals surface area contributed by atoms with E-state index in [1.54, 1.807) is 23.6 Å². The summed E-state index contributed by atoms with van der Waals surface area (Å²) in [7, 11) is -3.79. The number of nitrogens with one attached hydrogen (secondary N) is 2. The zero-order valence-electron chi connectivity index (χ0n) is 19.6. The minimum absolute atomic E-state index is 0.199. The van der Waals surface area contributed by atoms with Crippen LogP contribution in [0.25, 0.3) is 11.1 Å². The Morgan fingerprint density at radius 1 is 1.00 bits per heavy atom. The van der Waals surface area contributed by atoms with Gasteiger partial charge in [-0.2, -0.15) is 0 Å². The zero-order valence-corrected chi connectivity index (χ0v) is 21.2. The molecule has 1 aromatic heterocycles. The van der Waals surface area contributed by atoms with E-state index < -0.39 is 15.8 Å². The summed E-state index contributed by atoms with van der Waals surface area (Å²) in [6, 6.07) is 15.7. The Balaban J connectivity index is 1.54. The Hall–Kier alpha value is -2.22. The zero-order chi connectivity index (χ0) is 24.0. The van der Waals surface area contributed by atoms with E-state index in [2.05, 4.69) is 17.0 Å². The van der Waals surface area contributed by atoms with Crippen LogP contribution in [0, 0.1) is 11.7 Å². The van der Waals surface area contributed by atoms with Crippen molar-refractivity contribution in [3.05, 3.63) is 71.4 Å². The molecule has 1 aliphatic rings. The highest BCUT2D eigenvalue weighted by atomic mass is 32.2. The highest BCUT2D eigenvalue weighted by Gasteiger charge is 2.21. The predicted molar refractivity (Wildman–Crippen MR) is 139 cm³/mol. The molecular weight excluding hydrogens is 467 g/mol. The molecule has 2 aromatic carbocycles. The number of hydrogen-bond donors (Lipinski definition) is 2. The van der Waals surface area contributed by atoms with Crippen molar-refractivity contribution in [3.8, 4) is 11.1 Å². The number of rotatable bonds is 9. The summed E-state index contributed by atoms with van der Waals surface area (Å²) in [4.78, 5) is 0. The summed E-state index contributed by atoms with van der Waals surface area (Å²) in [5.41, 5.74) is 2.15. The van der Waals surface area contributed by atoms with Crippen molar-refractivity contribution in [2.24, 2.45) is 5.92 Å². The number of benzene rings is 2. The van der Waals surface area contributed by atoms with Gasteiger partial charge < -0.3 is 5.32 Å². The summed E-state index contributed by atoms with van der Waals surface area (Å²) >= 11 is 1.13. The summed E-state index contributed by atoms with van der Waals surface area (Å²) in [5, 5.41) is 5.33. The molecule has 34 heavy (non-hydrogen) atoms. The lowest BCUT2D eigenvalue weighted by atomic mass is 9.93. The van der Waals surface area contributed by atoms with Crippen LogP contribution in [0.15, 0.2) is 64.2 Å². The van der Waals surface area contributed by atoms with E-state index in [1.807, 2.05) is 24.3 Å². The first kappa shape index (κ1) is 24.9. The van der Waals surface area contributed by atoms with Crippen LogP contribution in [0.5, 0.6) is 0 Å². The van der Waals surface area contributed by atoms with Crippen LogP contribution in [-0.2, 0) is 16.6 Å². The Labute approximate surface area is 206 Å². The lowest BCUT2D eigenvalue weighted by Gasteiger charge is -2.22. The van der Waals surface area contributed by atoms with Gasteiger partial charge in [-0.05, 0) is 54.0 Å². The number of anilines is 1. The van der Waals surface area contributed by atoms with Gasteiger partial charge in [0.1, 0.15) is 10.0 Å². The molecule has 4 nitrogen and oxygen atoms in total. The van der Waals surface area contributed by atoms with E-state index in [4.69, 9.17) is 0 Å². The standard InChI is InChI=1S/C27H33FN2O2S2/c1-20(18-21-10-4-2-3-5-11-21)29-19-22-12-6-7-13-23(22)27-24(28)14-8-15-25(27)30-34(31,32)26-16-9-17-33-26/h6-9,12-17,20-21,29-30H,2-5,10-11,18-19H2,1H3/t20-/m0/s1. The van der Waals surface area contributed by atoms with Crippen LogP contribution in [-0.4, -0.2) is 14.5 Å².